The van der Waals surface area contributed by atoms with Crippen LogP contribution in [0.4, 0.5) is 5.69 Å². The molecular weight excluding hydrogens is 528 g/mol. The minimum absolute atomic E-state index is 0.202. The molecule has 2 atom stereocenters. The lowest BCUT2D eigenvalue weighted by molar-refractivity contribution is -0.163. The second-order valence-corrected chi connectivity index (χ2v) is 10.5. The largest absolute Gasteiger partial charge is 0.467 e. The maximum atomic E-state index is 13.1. The molecule has 0 unspecified atom stereocenters. The molecule has 0 fully saturated rings. The van der Waals surface area contributed by atoms with E-state index in [-0.39, 0.29) is 17.9 Å². The highest BCUT2D eigenvalue weighted by Gasteiger charge is 2.34. The minimum Gasteiger partial charge on any atom is -0.467 e. The van der Waals surface area contributed by atoms with Gasteiger partial charge in [-0.1, -0.05) is 44.2 Å². The van der Waals surface area contributed by atoms with Gasteiger partial charge in [-0.05, 0) is 66.4 Å². The first-order valence-electron chi connectivity index (χ1n) is 11.6. The lowest BCUT2D eigenvalue weighted by Gasteiger charge is -2.25. The molecule has 2 aromatic rings. The van der Waals surface area contributed by atoms with Crippen LogP contribution in [0.5, 0.6) is 0 Å². The number of rotatable bonds is 9. The second-order valence-electron chi connectivity index (χ2n) is 9.68. The SMILES string of the molecule is COC(=O)[C@H](Cc1ccccc1)NC(=O)c1cc(NC(=O)[C@@H](C(=O)OC(C)(C)C)C(C)C)ccc1Br. The molecule has 0 saturated heterocycles. The van der Waals surface area contributed by atoms with Crippen LogP contribution < -0.4 is 10.6 Å². The van der Waals surface area contributed by atoms with Crippen molar-refractivity contribution in [3.8, 4) is 0 Å². The van der Waals surface area contributed by atoms with Crippen molar-refractivity contribution in [1.82, 2.24) is 5.32 Å². The number of methoxy groups -OCH3 is 1. The number of hydrogen-bond acceptors (Lipinski definition) is 6. The van der Waals surface area contributed by atoms with E-state index in [0.717, 1.165) is 5.56 Å². The van der Waals surface area contributed by atoms with Crippen LogP contribution in [0.1, 0.15) is 50.5 Å². The number of halogens is 1. The van der Waals surface area contributed by atoms with Crippen molar-refractivity contribution in [3.05, 3.63) is 64.1 Å². The summed E-state index contributed by atoms with van der Waals surface area (Å²) in [5.41, 5.74) is 0.645. The molecule has 2 N–H and O–H groups in total. The van der Waals surface area contributed by atoms with Crippen LogP contribution in [-0.4, -0.2) is 42.5 Å². The summed E-state index contributed by atoms with van der Waals surface area (Å²) in [6, 6.07) is 13.0. The summed E-state index contributed by atoms with van der Waals surface area (Å²) in [5.74, 6) is -3.60. The minimum atomic E-state index is -1.03. The van der Waals surface area contributed by atoms with E-state index in [1.54, 1.807) is 46.8 Å². The molecule has 0 aliphatic carbocycles. The van der Waals surface area contributed by atoms with E-state index in [4.69, 9.17) is 9.47 Å². The van der Waals surface area contributed by atoms with E-state index in [2.05, 4.69) is 26.6 Å². The zero-order valence-electron chi connectivity index (χ0n) is 21.4. The van der Waals surface area contributed by atoms with Gasteiger partial charge >= 0.3 is 11.9 Å². The molecule has 0 spiro atoms. The Bertz CT molecular complexity index is 1100. The van der Waals surface area contributed by atoms with Gasteiger partial charge in [0, 0.05) is 16.6 Å². The molecule has 0 aliphatic rings. The summed E-state index contributed by atoms with van der Waals surface area (Å²) in [4.78, 5) is 51.0. The Morgan fingerprint density at radius 1 is 0.972 bits per heavy atom. The Labute approximate surface area is 220 Å². The molecular formula is C27H33BrN2O6. The number of carbonyl (C=O) groups is 4. The monoisotopic (exact) mass is 560 g/mol. The molecule has 0 aliphatic heterocycles. The standard InChI is InChI=1S/C27H33BrN2O6/c1-16(2)22(26(34)36-27(3,4)5)24(32)29-18-12-13-20(28)19(15-18)23(31)30-21(25(33)35-6)14-17-10-8-7-9-11-17/h7-13,15-16,21-22H,14H2,1-6H3,(H,29,32)(H,30,31)/t21-,22-/m0/s1. The summed E-state index contributed by atoms with van der Waals surface area (Å²) in [6.07, 6.45) is 0.249. The first-order valence-corrected chi connectivity index (χ1v) is 12.4. The van der Waals surface area contributed by atoms with Crippen molar-refractivity contribution in [2.24, 2.45) is 11.8 Å². The Morgan fingerprint density at radius 3 is 2.17 bits per heavy atom. The maximum Gasteiger partial charge on any atom is 0.328 e. The predicted molar refractivity (Wildman–Crippen MR) is 140 cm³/mol. The van der Waals surface area contributed by atoms with Crippen LogP contribution in [-0.2, 0) is 30.3 Å². The van der Waals surface area contributed by atoms with Gasteiger partial charge in [0.05, 0.1) is 12.7 Å². The number of esters is 2. The highest BCUT2D eigenvalue weighted by Crippen LogP contribution is 2.24. The highest BCUT2D eigenvalue weighted by atomic mass is 79.9. The zero-order chi connectivity index (χ0) is 27.0. The second kappa shape index (κ2) is 12.7. The molecule has 2 aromatic carbocycles. The van der Waals surface area contributed by atoms with Gasteiger partial charge in [-0.25, -0.2) is 4.79 Å². The number of nitrogens with one attached hydrogen (secondary N) is 2. The number of ether oxygens (including phenoxy) is 2. The molecule has 0 heterocycles. The van der Waals surface area contributed by atoms with Crippen LogP contribution in [0, 0.1) is 11.8 Å². The summed E-state index contributed by atoms with van der Waals surface area (Å²) >= 11 is 3.35. The third-order valence-corrected chi connectivity index (χ3v) is 5.85. The molecule has 36 heavy (non-hydrogen) atoms. The average molecular weight is 561 g/mol. The summed E-state index contributed by atoms with van der Waals surface area (Å²) in [6.45, 7) is 8.72. The molecule has 0 bridgehead atoms. The number of anilines is 1. The average Bonchev–Trinajstić information content (AvgIpc) is 2.78. The van der Waals surface area contributed by atoms with Crippen molar-refractivity contribution < 1.29 is 28.7 Å². The van der Waals surface area contributed by atoms with Gasteiger partial charge in [0.2, 0.25) is 5.91 Å². The molecule has 0 radical (unpaired) electrons. The Morgan fingerprint density at radius 2 is 1.61 bits per heavy atom. The van der Waals surface area contributed by atoms with E-state index >= 15 is 0 Å². The number of amides is 2. The Balaban J connectivity index is 2.22. The normalized spacial score (nSPS) is 12.9. The fourth-order valence-electron chi connectivity index (χ4n) is 3.47. The van der Waals surface area contributed by atoms with Gasteiger partial charge in [-0.15, -0.1) is 0 Å². The quantitative estimate of drug-likeness (QED) is 0.344. The Hall–Kier alpha value is -3.20. The van der Waals surface area contributed by atoms with Gasteiger partial charge in [0.25, 0.3) is 5.91 Å². The van der Waals surface area contributed by atoms with Gasteiger partial charge < -0.3 is 20.1 Å². The fourth-order valence-corrected chi connectivity index (χ4v) is 3.89. The van der Waals surface area contributed by atoms with Crippen molar-refractivity contribution >= 4 is 45.4 Å². The van der Waals surface area contributed by atoms with Crippen LogP contribution >= 0.6 is 15.9 Å². The highest BCUT2D eigenvalue weighted by molar-refractivity contribution is 9.10. The summed E-state index contributed by atoms with van der Waals surface area (Å²) < 4.78 is 10.7. The van der Waals surface area contributed by atoms with E-state index < -0.39 is 41.3 Å². The number of hydrogen-bond donors (Lipinski definition) is 2. The van der Waals surface area contributed by atoms with Gasteiger partial charge in [-0.2, -0.15) is 0 Å². The molecule has 9 heteroatoms. The van der Waals surface area contributed by atoms with Crippen LogP contribution in [0.15, 0.2) is 53.0 Å². The number of carbonyl (C=O) groups excluding carboxylic acids is 4. The van der Waals surface area contributed by atoms with Crippen LogP contribution in [0.2, 0.25) is 0 Å². The third-order valence-electron chi connectivity index (χ3n) is 5.16. The third kappa shape index (κ3) is 8.48. The molecule has 8 nitrogen and oxygen atoms in total. The van der Waals surface area contributed by atoms with Gasteiger partial charge in [0.15, 0.2) is 0 Å². The predicted octanol–water partition coefficient (Wildman–Crippen LogP) is 4.52. The van der Waals surface area contributed by atoms with Gasteiger partial charge in [-0.3, -0.25) is 14.4 Å². The zero-order valence-corrected chi connectivity index (χ0v) is 23.0. The smallest absolute Gasteiger partial charge is 0.328 e. The van der Waals surface area contributed by atoms with Gasteiger partial charge in [0.1, 0.15) is 17.6 Å². The topological polar surface area (TPSA) is 111 Å². The van der Waals surface area contributed by atoms with E-state index in [1.165, 1.54) is 13.2 Å². The van der Waals surface area contributed by atoms with Crippen molar-refractivity contribution in [2.75, 3.05) is 12.4 Å². The molecule has 194 valence electrons. The molecule has 0 aromatic heterocycles. The fraction of sp³-hybridized carbons (Fsp3) is 0.407. The lowest BCUT2D eigenvalue weighted by atomic mass is 9.94. The van der Waals surface area contributed by atoms with Crippen molar-refractivity contribution in [1.29, 1.82) is 0 Å². The Kier molecular flexibility index (Phi) is 10.2. The first-order chi connectivity index (χ1) is 16.8. The molecule has 2 rings (SSSR count). The van der Waals surface area contributed by atoms with Crippen LogP contribution in [0.3, 0.4) is 0 Å². The summed E-state index contributed by atoms with van der Waals surface area (Å²) in [5, 5.41) is 5.42. The maximum absolute atomic E-state index is 13.1. The first kappa shape index (κ1) is 29.0. The molecule has 0 saturated carbocycles. The van der Waals surface area contributed by atoms with Crippen molar-refractivity contribution in [2.45, 2.75) is 52.7 Å². The van der Waals surface area contributed by atoms with Crippen molar-refractivity contribution in [3.63, 3.8) is 0 Å². The molecule has 2 amide bonds. The lowest BCUT2D eigenvalue weighted by Crippen LogP contribution is -2.43. The number of benzene rings is 2. The summed E-state index contributed by atoms with van der Waals surface area (Å²) in [7, 11) is 1.26. The van der Waals surface area contributed by atoms with E-state index in [0.29, 0.717) is 10.2 Å². The van der Waals surface area contributed by atoms with E-state index in [9.17, 15) is 19.2 Å². The van der Waals surface area contributed by atoms with E-state index in [1.807, 2.05) is 30.3 Å². The van der Waals surface area contributed by atoms with Crippen LogP contribution in [0.25, 0.3) is 0 Å².